The Kier molecular flexibility index (Phi) is 5.50. The smallest absolute Gasteiger partial charge is 0.397 e. The van der Waals surface area contributed by atoms with E-state index in [1.54, 1.807) is 29.0 Å². The van der Waals surface area contributed by atoms with Gasteiger partial charge < -0.3 is 4.74 Å². The van der Waals surface area contributed by atoms with Gasteiger partial charge >= 0.3 is 11.9 Å². The molecule has 0 radical (unpaired) electrons. The van der Waals surface area contributed by atoms with E-state index in [1.165, 1.54) is 6.92 Å². The second-order valence-corrected chi connectivity index (χ2v) is 5.55. The molecule has 0 aliphatic heterocycles. The molecule has 0 aliphatic rings. The van der Waals surface area contributed by atoms with Gasteiger partial charge in [0.05, 0.1) is 12.4 Å². The van der Waals surface area contributed by atoms with Gasteiger partial charge in [-0.1, -0.05) is 30.3 Å². The molecular formula is C12H15NO5S. The van der Waals surface area contributed by atoms with Crippen molar-refractivity contribution in [2.75, 3.05) is 12.4 Å². The predicted octanol–water partition coefficient (Wildman–Crippen LogP) is 0.238. The molecule has 0 spiro atoms. The van der Waals surface area contributed by atoms with Crippen molar-refractivity contribution >= 4 is 21.9 Å². The largest absolute Gasteiger partial charge is 0.459 e. The number of ether oxygens (including phenoxy) is 1. The number of aryl methyl sites for hydroxylation is 1. The molecule has 19 heavy (non-hydrogen) atoms. The standard InChI is InChI=1S/C12H15NO5S/c1-2-18-12(15)11(14)13-19(16,17)9-8-10-6-4-3-5-7-10/h3-7H,2,8-9H2,1H3,(H,13,14). The fourth-order valence-corrected chi connectivity index (χ4v) is 2.30. The molecule has 0 heterocycles. The van der Waals surface area contributed by atoms with E-state index in [0.717, 1.165) is 5.56 Å². The normalized spacial score (nSPS) is 10.8. The average molecular weight is 285 g/mol. The molecule has 1 rings (SSSR count). The van der Waals surface area contributed by atoms with Gasteiger partial charge in [-0.15, -0.1) is 0 Å². The molecule has 1 N–H and O–H groups in total. The molecule has 0 aromatic heterocycles. The van der Waals surface area contributed by atoms with Crippen LogP contribution in [0.1, 0.15) is 12.5 Å². The molecule has 0 bridgehead atoms. The number of esters is 1. The van der Waals surface area contributed by atoms with Gasteiger partial charge in [-0.05, 0) is 18.9 Å². The van der Waals surface area contributed by atoms with Gasteiger partial charge in [0.1, 0.15) is 0 Å². The van der Waals surface area contributed by atoms with Crippen LogP contribution in [0.3, 0.4) is 0 Å². The number of hydrogen-bond donors (Lipinski definition) is 1. The van der Waals surface area contributed by atoms with Crippen LogP contribution in [-0.2, 0) is 30.8 Å². The van der Waals surface area contributed by atoms with Crippen molar-refractivity contribution in [2.45, 2.75) is 13.3 Å². The summed E-state index contributed by atoms with van der Waals surface area (Å²) in [7, 11) is -3.84. The van der Waals surface area contributed by atoms with Crippen LogP contribution in [-0.4, -0.2) is 32.7 Å². The van der Waals surface area contributed by atoms with Gasteiger partial charge in [-0.3, -0.25) is 4.79 Å². The zero-order chi connectivity index (χ0) is 14.3. The average Bonchev–Trinajstić information content (AvgIpc) is 2.37. The van der Waals surface area contributed by atoms with Gasteiger partial charge in [0.25, 0.3) is 0 Å². The molecule has 0 saturated heterocycles. The minimum atomic E-state index is -3.84. The van der Waals surface area contributed by atoms with Crippen molar-refractivity contribution in [2.24, 2.45) is 0 Å². The summed E-state index contributed by atoms with van der Waals surface area (Å²) >= 11 is 0. The van der Waals surface area contributed by atoms with E-state index in [2.05, 4.69) is 4.74 Å². The summed E-state index contributed by atoms with van der Waals surface area (Å²) in [5, 5.41) is 0. The molecule has 1 aromatic carbocycles. The summed E-state index contributed by atoms with van der Waals surface area (Å²) in [4.78, 5) is 22.2. The van der Waals surface area contributed by atoms with E-state index < -0.39 is 21.9 Å². The first-order valence-corrected chi connectivity index (χ1v) is 7.35. The molecule has 7 heteroatoms. The highest BCUT2D eigenvalue weighted by Crippen LogP contribution is 2.01. The molecule has 1 aromatic rings. The Bertz CT molecular complexity index is 538. The third kappa shape index (κ3) is 5.52. The van der Waals surface area contributed by atoms with Crippen LogP contribution >= 0.6 is 0 Å². The summed E-state index contributed by atoms with van der Waals surface area (Å²) < 4.78 is 29.2. The van der Waals surface area contributed by atoms with Crippen molar-refractivity contribution in [3.63, 3.8) is 0 Å². The molecule has 0 aliphatic carbocycles. The molecule has 0 unspecified atom stereocenters. The third-order valence-corrected chi connectivity index (χ3v) is 3.45. The lowest BCUT2D eigenvalue weighted by molar-refractivity contribution is -0.153. The number of benzene rings is 1. The van der Waals surface area contributed by atoms with E-state index in [4.69, 9.17) is 0 Å². The van der Waals surface area contributed by atoms with E-state index >= 15 is 0 Å². The molecule has 1 amide bonds. The first kappa shape index (κ1) is 15.2. The van der Waals surface area contributed by atoms with E-state index in [9.17, 15) is 18.0 Å². The maximum absolute atomic E-state index is 11.6. The van der Waals surface area contributed by atoms with Crippen LogP contribution < -0.4 is 4.72 Å². The van der Waals surface area contributed by atoms with E-state index in [0.29, 0.717) is 0 Å². The maximum atomic E-state index is 11.6. The highest BCUT2D eigenvalue weighted by atomic mass is 32.2. The van der Waals surface area contributed by atoms with E-state index in [-0.39, 0.29) is 18.8 Å². The Morgan fingerprint density at radius 2 is 1.84 bits per heavy atom. The van der Waals surface area contributed by atoms with Crippen LogP contribution in [0.5, 0.6) is 0 Å². The maximum Gasteiger partial charge on any atom is 0.397 e. The Morgan fingerprint density at radius 3 is 2.42 bits per heavy atom. The predicted molar refractivity (Wildman–Crippen MR) is 68.7 cm³/mol. The monoisotopic (exact) mass is 285 g/mol. The van der Waals surface area contributed by atoms with Crippen LogP contribution in [0.25, 0.3) is 0 Å². The van der Waals surface area contributed by atoms with Gasteiger partial charge in [0.15, 0.2) is 0 Å². The summed E-state index contributed by atoms with van der Waals surface area (Å²) in [6.07, 6.45) is 0.256. The van der Waals surface area contributed by atoms with Crippen molar-refractivity contribution in [3.05, 3.63) is 35.9 Å². The summed E-state index contributed by atoms with van der Waals surface area (Å²) in [5.74, 6) is -2.75. The van der Waals surface area contributed by atoms with Crippen molar-refractivity contribution in [1.29, 1.82) is 0 Å². The Morgan fingerprint density at radius 1 is 1.21 bits per heavy atom. The quantitative estimate of drug-likeness (QED) is 0.618. The lowest BCUT2D eigenvalue weighted by Crippen LogP contribution is -2.38. The first-order valence-electron chi connectivity index (χ1n) is 5.70. The van der Waals surface area contributed by atoms with Gasteiger partial charge in [-0.2, -0.15) is 0 Å². The molecule has 104 valence electrons. The second-order valence-electron chi connectivity index (χ2n) is 3.71. The SMILES string of the molecule is CCOC(=O)C(=O)NS(=O)(=O)CCc1ccccc1. The number of nitrogens with one attached hydrogen (secondary N) is 1. The first-order chi connectivity index (χ1) is 8.94. The fraction of sp³-hybridized carbons (Fsp3) is 0.333. The topological polar surface area (TPSA) is 89.5 Å². The van der Waals surface area contributed by atoms with Gasteiger partial charge in [0.2, 0.25) is 10.0 Å². The van der Waals surface area contributed by atoms with Crippen LogP contribution in [0.4, 0.5) is 0 Å². The number of amides is 1. The van der Waals surface area contributed by atoms with Gasteiger partial charge in [-0.25, -0.2) is 17.9 Å². The van der Waals surface area contributed by atoms with Gasteiger partial charge in [0, 0.05) is 0 Å². The highest BCUT2D eigenvalue weighted by Gasteiger charge is 2.21. The zero-order valence-corrected chi connectivity index (χ0v) is 11.3. The molecule has 0 fully saturated rings. The third-order valence-electron chi connectivity index (χ3n) is 2.21. The lowest BCUT2D eigenvalue weighted by Gasteiger charge is -2.06. The van der Waals surface area contributed by atoms with Crippen molar-refractivity contribution in [1.82, 2.24) is 4.72 Å². The number of rotatable bonds is 5. The minimum Gasteiger partial charge on any atom is -0.459 e. The molecule has 0 atom stereocenters. The zero-order valence-electron chi connectivity index (χ0n) is 10.5. The summed E-state index contributed by atoms with van der Waals surface area (Å²) in [6, 6.07) is 8.96. The Balaban J connectivity index is 2.53. The highest BCUT2D eigenvalue weighted by molar-refractivity contribution is 7.90. The van der Waals surface area contributed by atoms with Crippen LogP contribution in [0.2, 0.25) is 0 Å². The molecular weight excluding hydrogens is 270 g/mol. The number of carbonyl (C=O) groups excluding carboxylic acids is 2. The van der Waals surface area contributed by atoms with Crippen molar-refractivity contribution < 1.29 is 22.7 Å². The number of hydrogen-bond acceptors (Lipinski definition) is 5. The minimum absolute atomic E-state index is 0.0102. The van der Waals surface area contributed by atoms with Crippen LogP contribution in [0, 0.1) is 0 Å². The molecule has 6 nitrogen and oxygen atoms in total. The van der Waals surface area contributed by atoms with E-state index in [1.807, 2.05) is 6.07 Å². The number of sulfonamides is 1. The Labute approximate surface area is 111 Å². The number of carbonyl (C=O) groups is 2. The lowest BCUT2D eigenvalue weighted by atomic mass is 10.2. The van der Waals surface area contributed by atoms with Crippen LogP contribution in [0.15, 0.2) is 30.3 Å². The summed E-state index contributed by atoms with van der Waals surface area (Å²) in [5.41, 5.74) is 0.830. The Hall–Kier alpha value is -1.89. The fourth-order valence-electron chi connectivity index (χ4n) is 1.33. The molecule has 0 saturated carbocycles. The van der Waals surface area contributed by atoms with Crippen molar-refractivity contribution in [3.8, 4) is 0 Å². The summed E-state index contributed by atoms with van der Waals surface area (Å²) in [6.45, 7) is 1.53. The second kappa shape index (κ2) is 6.89.